The summed E-state index contributed by atoms with van der Waals surface area (Å²) in [6.07, 6.45) is -0.832. The van der Waals surface area contributed by atoms with Crippen molar-refractivity contribution in [3.05, 3.63) is 35.1 Å². The Kier molecular flexibility index (Phi) is 6.56. The van der Waals surface area contributed by atoms with Gasteiger partial charge in [-0.2, -0.15) is 0 Å². The van der Waals surface area contributed by atoms with Gasteiger partial charge in [-0.15, -0.1) is 11.3 Å². The zero-order chi connectivity index (χ0) is 19.4. The second-order valence-electron chi connectivity index (χ2n) is 6.19. The van der Waals surface area contributed by atoms with Gasteiger partial charge in [0.05, 0.1) is 19.4 Å². The van der Waals surface area contributed by atoms with E-state index in [0.717, 1.165) is 10.0 Å². The largest absolute Gasteiger partial charge is 0.493 e. The second-order valence-corrected chi connectivity index (χ2v) is 8.27. The SMILES string of the molecule is COc1cc(F)ccc1O[C@@H]1CCN(C(=O)CSc2nc(C)cs2)C[C@H]1O. The van der Waals surface area contributed by atoms with Crippen LogP contribution in [0, 0.1) is 12.7 Å². The standard InChI is InChI=1S/C18H21FN2O4S2/c1-11-9-26-18(20-11)27-10-17(23)21-6-5-14(13(22)8-21)25-15-4-3-12(19)7-16(15)24-2/h3-4,7,9,13-14,22H,5-6,8,10H2,1-2H3/t13-,14-/m1/s1. The monoisotopic (exact) mass is 412 g/mol. The second kappa shape index (κ2) is 8.90. The number of carbonyl (C=O) groups excluding carboxylic acids is 1. The van der Waals surface area contributed by atoms with Crippen LogP contribution in [0.5, 0.6) is 11.5 Å². The average Bonchev–Trinajstić information content (AvgIpc) is 3.07. The van der Waals surface area contributed by atoms with Gasteiger partial charge < -0.3 is 19.5 Å². The number of thiazole rings is 1. The zero-order valence-electron chi connectivity index (χ0n) is 15.1. The maximum absolute atomic E-state index is 13.3. The number of nitrogens with zero attached hydrogens (tertiary/aromatic N) is 2. The molecule has 0 aliphatic carbocycles. The fraction of sp³-hybridized carbons (Fsp3) is 0.444. The number of piperidine rings is 1. The number of amides is 1. The first-order valence-electron chi connectivity index (χ1n) is 8.47. The van der Waals surface area contributed by atoms with E-state index >= 15 is 0 Å². The molecule has 2 aromatic rings. The van der Waals surface area contributed by atoms with Crippen molar-refractivity contribution in [2.24, 2.45) is 0 Å². The molecule has 6 nitrogen and oxygen atoms in total. The molecule has 1 aromatic carbocycles. The van der Waals surface area contributed by atoms with Gasteiger partial charge in [0.25, 0.3) is 0 Å². The molecule has 2 atom stereocenters. The molecule has 1 amide bonds. The van der Waals surface area contributed by atoms with Gasteiger partial charge in [0, 0.05) is 30.1 Å². The van der Waals surface area contributed by atoms with Gasteiger partial charge >= 0.3 is 0 Å². The predicted octanol–water partition coefficient (Wildman–Crippen LogP) is 2.73. The summed E-state index contributed by atoms with van der Waals surface area (Å²) in [7, 11) is 1.43. The van der Waals surface area contributed by atoms with Gasteiger partial charge in [-0.25, -0.2) is 9.37 Å². The maximum Gasteiger partial charge on any atom is 0.233 e. The Morgan fingerprint density at radius 3 is 2.96 bits per heavy atom. The Hall–Kier alpha value is -1.84. The van der Waals surface area contributed by atoms with Crippen molar-refractivity contribution in [3.8, 4) is 11.5 Å². The summed E-state index contributed by atoms with van der Waals surface area (Å²) >= 11 is 2.92. The number of thioether (sulfide) groups is 1. The van der Waals surface area contributed by atoms with E-state index < -0.39 is 18.0 Å². The van der Waals surface area contributed by atoms with Crippen LogP contribution in [0.3, 0.4) is 0 Å². The van der Waals surface area contributed by atoms with Gasteiger partial charge in [-0.3, -0.25) is 4.79 Å². The molecule has 1 aliphatic heterocycles. The van der Waals surface area contributed by atoms with Crippen molar-refractivity contribution in [3.63, 3.8) is 0 Å². The first-order valence-corrected chi connectivity index (χ1v) is 10.3. The lowest BCUT2D eigenvalue weighted by molar-refractivity contribution is -0.134. The molecule has 3 rings (SSSR count). The Balaban J connectivity index is 1.53. The first kappa shape index (κ1) is 19.9. The van der Waals surface area contributed by atoms with Crippen LogP contribution in [0.25, 0.3) is 0 Å². The first-order chi connectivity index (χ1) is 13.0. The number of aromatic nitrogens is 1. The Morgan fingerprint density at radius 1 is 1.48 bits per heavy atom. The van der Waals surface area contributed by atoms with Crippen LogP contribution in [0.2, 0.25) is 0 Å². The predicted molar refractivity (Wildman–Crippen MR) is 102 cm³/mol. The number of likely N-dealkylation sites (tertiary alicyclic amines) is 1. The highest BCUT2D eigenvalue weighted by Crippen LogP contribution is 2.30. The minimum Gasteiger partial charge on any atom is -0.493 e. The maximum atomic E-state index is 13.3. The summed E-state index contributed by atoms with van der Waals surface area (Å²) < 4.78 is 25.1. The van der Waals surface area contributed by atoms with Crippen molar-refractivity contribution in [1.82, 2.24) is 9.88 Å². The molecule has 0 spiro atoms. The van der Waals surface area contributed by atoms with E-state index in [9.17, 15) is 14.3 Å². The van der Waals surface area contributed by atoms with Crippen molar-refractivity contribution in [1.29, 1.82) is 0 Å². The molecule has 0 radical (unpaired) electrons. The van der Waals surface area contributed by atoms with Gasteiger partial charge in [-0.05, 0) is 19.1 Å². The van der Waals surface area contributed by atoms with Gasteiger partial charge in [0.1, 0.15) is 18.0 Å². The van der Waals surface area contributed by atoms with E-state index in [1.807, 2.05) is 12.3 Å². The number of halogens is 1. The third kappa shape index (κ3) is 5.12. The Labute approximate surface area is 165 Å². The normalized spacial score (nSPS) is 19.8. The van der Waals surface area contributed by atoms with E-state index in [0.29, 0.717) is 18.7 Å². The number of aliphatic hydroxyl groups excluding tert-OH is 1. The minimum absolute atomic E-state index is 0.0373. The highest BCUT2D eigenvalue weighted by atomic mass is 32.2. The van der Waals surface area contributed by atoms with E-state index in [4.69, 9.17) is 9.47 Å². The minimum atomic E-state index is -0.829. The number of rotatable bonds is 6. The third-order valence-electron chi connectivity index (χ3n) is 4.19. The number of ether oxygens (including phenoxy) is 2. The molecule has 1 aromatic heterocycles. The average molecular weight is 413 g/mol. The van der Waals surface area contributed by atoms with E-state index in [1.165, 1.54) is 48.4 Å². The lowest BCUT2D eigenvalue weighted by Crippen LogP contribution is -2.51. The van der Waals surface area contributed by atoms with Crippen molar-refractivity contribution >= 4 is 29.0 Å². The van der Waals surface area contributed by atoms with E-state index in [2.05, 4.69) is 4.98 Å². The highest BCUT2D eigenvalue weighted by molar-refractivity contribution is 8.01. The molecule has 27 heavy (non-hydrogen) atoms. The zero-order valence-corrected chi connectivity index (χ0v) is 16.7. The fourth-order valence-electron chi connectivity index (χ4n) is 2.79. The number of hydrogen-bond donors (Lipinski definition) is 1. The highest BCUT2D eigenvalue weighted by Gasteiger charge is 2.32. The van der Waals surface area contributed by atoms with Crippen LogP contribution in [0.4, 0.5) is 4.39 Å². The van der Waals surface area contributed by atoms with Crippen LogP contribution in [0.1, 0.15) is 12.1 Å². The van der Waals surface area contributed by atoms with Crippen LogP contribution < -0.4 is 9.47 Å². The third-order valence-corrected chi connectivity index (χ3v) is 6.32. The number of carbonyl (C=O) groups is 1. The van der Waals surface area contributed by atoms with Crippen molar-refractivity contribution in [2.75, 3.05) is 26.0 Å². The molecule has 1 saturated heterocycles. The van der Waals surface area contributed by atoms with Crippen molar-refractivity contribution < 1.29 is 23.8 Å². The summed E-state index contributed by atoms with van der Waals surface area (Å²) in [5.74, 6) is 0.475. The molecule has 2 heterocycles. The van der Waals surface area contributed by atoms with Crippen molar-refractivity contribution in [2.45, 2.75) is 29.9 Å². The quantitative estimate of drug-likeness (QED) is 0.736. The molecule has 0 bridgehead atoms. The van der Waals surface area contributed by atoms with Crippen LogP contribution >= 0.6 is 23.1 Å². The molecule has 1 N–H and O–H groups in total. The summed E-state index contributed by atoms with van der Waals surface area (Å²) in [4.78, 5) is 18.4. The molecular weight excluding hydrogens is 391 g/mol. The van der Waals surface area contributed by atoms with Crippen LogP contribution in [-0.2, 0) is 4.79 Å². The lowest BCUT2D eigenvalue weighted by atomic mass is 10.0. The summed E-state index contributed by atoms with van der Waals surface area (Å²) in [5, 5.41) is 12.4. The summed E-state index contributed by atoms with van der Waals surface area (Å²) in [6, 6.07) is 3.99. The Bertz CT molecular complexity index is 801. The number of aliphatic hydroxyl groups is 1. The molecule has 0 unspecified atom stereocenters. The number of aryl methyl sites for hydroxylation is 1. The molecule has 146 valence electrons. The van der Waals surface area contributed by atoms with E-state index in [-0.39, 0.29) is 24.0 Å². The van der Waals surface area contributed by atoms with Gasteiger partial charge in [0.15, 0.2) is 15.8 Å². The number of β-amino-alcohol motifs (C(OH)–C–C–N with tert-alkyl or cyclic N) is 1. The molecule has 1 fully saturated rings. The molecule has 1 aliphatic rings. The summed E-state index contributed by atoms with van der Waals surface area (Å²) in [6.45, 7) is 2.60. The smallest absolute Gasteiger partial charge is 0.233 e. The topological polar surface area (TPSA) is 71.9 Å². The number of hydrogen-bond acceptors (Lipinski definition) is 7. The number of benzene rings is 1. The summed E-state index contributed by atoms with van der Waals surface area (Å²) in [5.41, 5.74) is 0.944. The van der Waals surface area contributed by atoms with Crippen LogP contribution in [-0.4, -0.2) is 59.1 Å². The van der Waals surface area contributed by atoms with Crippen LogP contribution in [0.15, 0.2) is 27.9 Å². The Morgan fingerprint density at radius 2 is 2.30 bits per heavy atom. The van der Waals surface area contributed by atoms with Gasteiger partial charge in [-0.1, -0.05) is 11.8 Å². The van der Waals surface area contributed by atoms with Gasteiger partial charge in [0.2, 0.25) is 5.91 Å². The molecule has 0 saturated carbocycles. The number of methoxy groups -OCH3 is 1. The van der Waals surface area contributed by atoms with E-state index in [1.54, 1.807) is 4.90 Å². The fourth-order valence-corrected chi connectivity index (χ4v) is 4.54. The molecular formula is C18H21FN2O4S2. The lowest BCUT2D eigenvalue weighted by Gasteiger charge is -2.36. The molecule has 9 heteroatoms.